The molecule has 1 aromatic heterocycles. The maximum atomic E-state index is 13.2. The van der Waals surface area contributed by atoms with Crippen molar-refractivity contribution in [3.8, 4) is 0 Å². The molecule has 0 bridgehead atoms. The Morgan fingerprint density at radius 2 is 1.81 bits per heavy atom. The summed E-state index contributed by atoms with van der Waals surface area (Å²) in [7, 11) is 0. The van der Waals surface area contributed by atoms with Crippen LogP contribution in [0.2, 0.25) is 0 Å². The minimum Gasteiger partial charge on any atom is -0.444 e. The second-order valence-electron chi connectivity index (χ2n) is 8.88. The van der Waals surface area contributed by atoms with Crippen molar-refractivity contribution in [1.82, 2.24) is 15.2 Å². The number of nitrogens with one attached hydrogen (secondary N) is 1. The average molecular weight is 418 g/mol. The van der Waals surface area contributed by atoms with Gasteiger partial charge in [0.1, 0.15) is 5.60 Å². The summed E-state index contributed by atoms with van der Waals surface area (Å²) in [6.45, 7) is 6.44. The van der Waals surface area contributed by atoms with Crippen molar-refractivity contribution in [2.75, 3.05) is 13.1 Å². The summed E-state index contributed by atoms with van der Waals surface area (Å²) >= 11 is 0. The molecule has 6 heteroatoms. The zero-order valence-corrected chi connectivity index (χ0v) is 18.0. The Hall–Kier alpha value is -3.41. The van der Waals surface area contributed by atoms with E-state index in [1.807, 2.05) is 75.4 Å². The number of nitrogens with zero attached hydrogens (tertiary/aromatic N) is 2. The molecule has 0 spiro atoms. The third-order valence-electron chi connectivity index (χ3n) is 5.44. The maximum Gasteiger partial charge on any atom is 0.410 e. The molecule has 0 unspecified atom stereocenters. The van der Waals surface area contributed by atoms with Gasteiger partial charge in [0.25, 0.3) is 5.91 Å². The number of hydrogen-bond donors (Lipinski definition) is 1. The molecule has 1 saturated heterocycles. The lowest BCUT2D eigenvalue weighted by molar-refractivity contribution is 0.0288. The Morgan fingerprint density at radius 1 is 1.03 bits per heavy atom. The number of fused-ring (bicyclic) bond motifs is 1. The average Bonchev–Trinajstić information content (AvgIpc) is 3.16. The summed E-state index contributed by atoms with van der Waals surface area (Å²) in [5.74, 6) is -0.178. The highest BCUT2D eigenvalue weighted by Crippen LogP contribution is 2.29. The second kappa shape index (κ2) is 8.38. The molecule has 2 aromatic carbocycles. The third kappa shape index (κ3) is 4.68. The topological polar surface area (TPSA) is 71.5 Å². The molecule has 3 aromatic rings. The van der Waals surface area contributed by atoms with E-state index in [2.05, 4.69) is 10.3 Å². The van der Waals surface area contributed by atoms with Gasteiger partial charge in [-0.15, -0.1) is 0 Å². The standard InChI is InChI=1S/C25H27N3O3/c1-25(2,3)31-24(30)28-15-21(17-8-5-4-6-9-17)22(16-28)27-23(29)20-11-7-10-18-14-26-13-12-19(18)20/h4-14,21-22H,15-16H2,1-3H3,(H,27,29)/t21-,22+/m0/s1. The Morgan fingerprint density at radius 3 is 2.55 bits per heavy atom. The second-order valence-corrected chi connectivity index (χ2v) is 8.88. The van der Waals surface area contributed by atoms with Crippen LogP contribution in [0.5, 0.6) is 0 Å². The van der Waals surface area contributed by atoms with Crippen molar-refractivity contribution in [3.63, 3.8) is 0 Å². The number of pyridine rings is 1. The van der Waals surface area contributed by atoms with Crippen LogP contribution in [0, 0.1) is 0 Å². The largest absolute Gasteiger partial charge is 0.444 e. The van der Waals surface area contributed by atoms with Crippen molar-refractivity contribution in [3.05, 3.63) is 78.1 Å². The van der Waals surface area contributed by atoms with Gasteiger partial charge >= 0.3 is 6.09 Å². The van der Waals surface area contributed by atoms with Crippen molar-refractivity contribution in [2.45, 2.75) is 38.3 Å². The zero-order chi connectivity index (χ0) is 22.0. The Bertz CT molecular complexity index is 1090. The van der Waals surface area contributed by atoms with Gasteiger partial charge in [-0.1, -0.05) is 42.5 Å². The minimum absolute atomic E-state index is 0.0192. The van der Waals surface area contributed by atoms with Gasteiger partial charge in [-0.25, -0.2) is 4.79 Å². The van der Waals surface area contributed by atoms with Crippen LogP contribution in [0.15, 0.2) is 67.0 Å². The molecule has 0 aliphatic carbocycles. The molecule has 1 aliphatic rings. The van der Waals surface area contributed by atoms with E-state index in [0.717, 1.165) is 16.3 Å². The zero-order valence-electron chi connectivity index (χ0n) is 18.0. The summed E-state index contributed by atoms with van der Waals surface area (Å²) in [6, 6.07) is 17.2. The van der Waals surface area contributed by atoms with E-state index < -0.39 is 5.60 Å². The van der Waals surface area contributed by atoms with E-state index >= 15 is 0 Å². The van der Waals surface area contributed by atoms with Crippen LogP contribution in [-0.4, -0.2) is 46.6 Å². The molecule has 0 radical (unpaired) electrons. The molecule has 2 atom stereocenters. The van der Waals surface area contributed by atoms with Crippen LogP contribution < -0.4 is 5.32 Å². The van der Waals surface area contributed by atoms with Gasteiger partial charge in [0.2, 0.25) is 0 Å². The molecule has 31 heavy (non-hydrogen) atoms. The predicted molar refractivity (Wildman–Crippen MR) is 120 cm³/mol. The number of rotatable bonds is 3. The summed E-state index contributed by atoms with van der Waals surface area (Å²) in [6.07, 6.45) is 3.08. The molecule has 2 amide bonds. The fourth-order valence-corrected chi connectivity index (χ4v) is 4.03. The molecular weight excluding hydrogens is 390 g/mol. The SMILES string of the molecule is CC(C)(C)OC(=O)N1C[C@@H](NC(=O)c2cccc3cnccc23)[C@H](c2ccccc2)C1. The lowest BCUT2D eigenvalue weighted by Gasteiger charge is -2.24. The first kappa shape index (κ1) is 20.8. The predicted octanol–water partition coefficient (Wildman–Crippen LogP) is 4.37. The fourth-order valence-electron chi connectivity index (χ4n) is 4.03. The van der Waals surface area contributed by atoms with Gasteiger partial charge in [-0.3, -0.25) is 9.78 Å². The molecule has 2 heterocycles. The van der Waals surface area contributed by atoms with Gasteiger partial charge in [0.15, 0.2) is 0 Å². The molecule has 1 fully saturated rings. The van der Waals surface area contributed by atoms with E-state index in [4.69, 9.17) is 4.74 Å². The van der Waals surface area contributed by atoms with Crippen LogP contribution in [0.1, 0.15) is 42.6 Å². The number of likely N-dealkylation sites (tertiary alicyclic amines) is 1. The van der Waals surface area contributed by atoms with Crippen molar-refractivity contribution < 1.29 is 14.3 Å². The number of hydrogen-bond acceptors (Lipinski definition) is 4. The van der Waals surface area contributed by atoms with Crippen LogP contribution in [-0.2, 0) is 4.74 Å². The number of amides is 2. The molecule has 0 saturated carbocycles. The Kier molecular flexibility index (Phi) is 5.63. The van der Waals surface area contributed by atoms with Crippen molar-refractivity contribution in [2.24, 2.45) is 0 Å². The molecular formula is C25H27N3O3. The smallest absolute Gasteiger partial charge is 0.410 e. The van der Waals surface area contributed by atoms with E-state index in [0.29, 0.717) is 18.7 Å². The molecule has 160 valence electrons. The van der Waals surface area contributed by atoms with Crippen LogP contribution >= 0.6 is 0 Å². The van der Waals surface area contributed by atoms with Crippen LogP contribution in [0.4, 0.5) is 4.79 Å². The normalized spacial score (nSPS) is 18.7. The highest BCUT2D eigenvalue weighted by molar-refractivity contribution is 6.07. The van der Waals surface area contributed by atoms with E-state index in [1.165, 1.54) is 0 Å². The van der Waals surface area contributed by atoms with Gasteiger partial charge in [-0.2, -0.15) is 0 Å². The maximum absolute atomic E-state index is 13.2. The Labute approximate surface area is 182 Å². The van der Waals surface area contributed by atoms with Crippen molar-refractivity contribution >= 4 is 22.8 Å². The Balaban J connectivity index is 1.59. The summed E-state index contributed by atoms with van der Waals surface area (Å²) in [5, 5.41) is 4.94. The van der Waals surface area contributed by atoms with E-state index in [1.54, 1.807) is 17.3 Å². The molecule has 1 N–H and O–H groups in total. The van der Waals surface area contributed by atoms with Gasteiger partial charge in [-0.05, 0) is 43.9 Å². The quantitative estimate of drug-likeness (QED) is 0.687. The first-order valence-electron chi connectivity index (χ1n) is 10.5. The molecule has 1 aliphatic heterocycles. The van der Waals surface area contributed by atoms with Gasteiger partial charge in [0.05, 0.1) is 6.04 Å². The van der Waals surface area contributed by atoms with Gasteiger partial charge < -0.3 is 15.0 Å². The molecule has 4 rings (SSSR count). The number of carbonyl (C=O) groups excluding carboxylic acids is 2. The number of aromatic nitrogens is 1. The van der Waals surface area contributed by atoms with E-state index in [9.17, 15) is 9.59 Å². The lowest BCUT2D eigenvalue weighted by atomic mass is 9.94. The first-order valence-corrected chi connectivity index (χ1v) is 10.5. The summed E-state index contributed by atoms with van der Waals surface area (Å²) in [4.78, 5) is 31.7. The highest BCUT2D eigenvalue weighted by Gasteiger charge is 2.39. The fraction of sp³-hybridized carbons (Fsp3) is 0.320. The summed E-state index contributed by atoms with van der Waals surface area (Å²) in [5.41, 5.74) is 1.11. The third-order valence-corrected chi connectivity index (χ3v) is 5.44. The van der Waals surface area contributed by atoms with E-state index in [-0.39, 0.29) is 24.0 Å². The van der Waals surface area contributed by atoms with Crippen LogP contribution in [0.3, 0.4) is 0 Å². The lowest BCUT2D eigenvalue weighted by Crippen LogP contribution is -2.41. The monoisotopic (exact) mass is 417 g/mol. The van der Waals surface area contributed by atoms with Crippen molar-refractivity contribution in [1.29, 1.82) is 0 Å². The summed E-state index contributed by atoms with van der Waals surface area (Å²) < 4.78 is 5.57. The van der Waals surface area contributed by atoms with Gasteiger partial charge in [0, 0.05) is 42.4 Å². The number of carbonyl (C=O) groups is 2. The number of ether oxygens (including phenoxy) is 1. The highest BCUT2D eigenvalue weighted by atomic mass is 16.6. The number of benzene rings is 2. The minimum atomic E-state index is -0.572. The molecule has 6 nitrogen and oxygen atoms in total. The van der Waals surface area contributed by atoms with Crippen LogP contribution in [0.25, 0.3) is 10.8 Å². The first-order chi connectivity index (χ1) is 14.8.